The molecule has 1 aromatic carbocycles. The van der Waals surface area contributed by atoms with Crippen LogP contribution in [0.5, 0.6) is 5.75 Å². The minimum Gasteiger partial charge on any atom is -0.506 e. The van der Waals surface area contributed by atoms with E-state index in [1.165, 1.54) is 6.07 Å². The third-order valence-corrected chi connectivity index (χ3v) is 3.43. The molecule has 0 aliphatic carbocycles. The van der Waals surface area contributed by atoms with Crippen LogP contribution < -0.4 is 5.32 Å². The summed E-state index contributed by atoms with van der Waals surface area (Å²) in [6.07, 6.45) is 1.70. The van der Waals surface area contributed by atoms with E-state index >= 15 is 0 Å². The Morgan fingerprint density at radius 2 is 2.11 bits per heavy atom. The maximum atomic E-state index is 13.4. The Bertz CT molecular complexity index is 447. The van der Waals surface area contributed by atoms with E-state index in [9.17, 15) is 9.50 Å². The molecule has 0 radical (unpaired) electrons. The molecule has 0 spiro atoms. The highest BCUT2D eigenvalue weighted by molar-refractivity contribution is 6.32. The van der Waals surface area contributed by atoms with Gasteiger partial charge in [-0.15, -0.1) is 6.58 Å². The van der Waals surface area contributed by atoms with Gasteiger partial charge >= 0.3 is 0 Å². The van der Waals surface area contributed by atoms with Crippen LogP contribution in [0.1, 0.15) is 11.6 Å². The first-order valence-corrected chi connectivity index (χ1v) is 6.26. The number of halogens is 2. The first kappa shape index (κ1) is 13.3. The van der Waals surface area contributed by atoms with E-state index in [0.29, 0.717) is 5.56 Å². The molecule has 3 nitrogen and oxygen atoms in total. The Kier molecular flexibility index (Phi) is 4.22. The second-order valence-corrected chi connectivity index (χ2v) is 4.70. The molecule has 0 bridgehead atoms. The van der Waals surface area contributed by atoms with Crippen molar-refractivity contribution in [2.24, 2.45) is 0 Å². The van der Waals surface area contributed by atoms with Gasteiger partial charge in [-0.25, -0.2) is 4.39 Å². The summed E-state index contributed by atoms with van der Waals surface area (Å²) in [6, 6.07) is 2.20. The van der Waals surface area contributed by atoms with E-state index in [2.05, 4.69) is 16.8 Å². The second kappa shape index (κ2) is 5.69. The van der Waals surface area contributed by atoms with Crippen molar-refractivity contribution < 1.29 is 9.50 Å². The van der Waals surface area contributed by atoms with E-state index < -0.39 is 5.82 Å². The van der Waals surface area contributed by atoms with Crippen LogP contribution in [0.15, 0.2) is 24.8 Å². The molecule has 1 atom stereocenters. The van der Waals surface area contributed by atoms with Gasteiger partial charge in [-0.05, 0) is 12.1 Å². The van der Waals surface area contributed by atoms with Crippen LogP contribution in [0, 0.1) is 5.82 Å². The normalized spacial score (nSPS) is 18.6. The molecule has 98 valence electrons. The lowest BCUT2D eigenvalue weighted by atomic mass is 10.0. The lowest BCUT2D eigenvalue weighted by Gasteiger charge is -2.33. The molecule has 18 heavy (non-hydrogen) atoms. The van der Waals surface area contributed by atoms with Crippen molar-refractivity contribution in [3.05, 3.63) is 41.2 Å². The summed E-state index contributed by atoms with van der Waals surface area (Å²) in [5.74, 6) is -0.517. The van der Waals surface area contributed by atoms with E-state index in [1.807, 2.05) is 0 Å². The number of hydrogen-bond acceptors (Lipinski definition) is 3. The maximum absolute atomic E-state index is 13.4. The Hall–Kier alpha value is -1.10. The van der Waals surface area contributed by atoms with Crippen molar-refractivity contribution in [2.45, 2.75) is 6.04 Å². The monoisotopic (exact) mass is 270 g/mol. The Labute approximate surface area is 111 Å². The number of benzene rings is 1. The van der Waals surface area contributed by atoms with Crippen LogP contribution in [-0.4, -0.2) is 36.2 Å². The molecule has 0 saturated carbocycles. The van der Waals surface area contributed by atoms with Gasteiger partial charge in [0.15, 0.2) is 0 Å². The summed E-state index contributed by atoms with van der Waals surface area (Å²) < 4.78 is 13.4. The topological polar surface area (TPSA) is 35.5 Å². The van der Waals surface area contributed by atoms with Gasteiger partial charge < -0.3 is 10.4 Å². The van der Waals surface area contributed by atoms with Crippen molar-refractivity contribution in [3.8, 4) is 5.75 Å². The number of nitrogens with zero attached hydrogens (tertiary/aromatic N) is 1. The molecule has 1 heterocycles. The number of rotatable bonds is 3. The molecule has 5 heteroatoms. The number of nitrogens with one attached hydrogen (secondary N) is 1. The Morgan fingerprint density at radius 1 is 1.44 bits per heavy atom. The Balaban J connectivity index is 2.34. The number of phenolic OH excluding ortho intramolecular Hbond substituents is 1. The molecule has 0 amide bonds. The zero-order valence-corrected chi connectivity index (χ0v) is 10.8. The van der Waals surface area contributed by atoms with Gasteiger partial charge in [-0.3, -0.25) is 4.90 Å². The van der Waals surface area contributed by atoms with Crippen LogP contribution in [0.2, 0.25) is 5.02 Å². The number of aromatic hydroxyl groups is 1. The van der Waals surface area contributed by atoms with Crippen LogP contribution >= 0.6 is 11.6 Å². The van der Waals surface area contributed by atoms with Crippen molar-refractivity contribution in [3.63, 3.8) is 0 Å². The summed E-state index contributed by atoms with van der Waals surface area (Å²) in [5.41, 5.74) is 0.469. The average Bonchev–Trinajstić information content (AvgIpc) is 2.37. The molecule has 1 aliphatic heterocycles. The summed E-state index contributed by atoms with van der Waals surface area (Å²) in [5, 5.41) is 13.2. The standard InChI is InChI=1S/C13H16ClFN2O/c1-2-12(17-5-3-16-4-6-17)10-7-9(15)8-11(14)13(10)18/h2,7-8,12,16,18H,1,3-6H2/t12-/m0/s1. The van der Waals surface area contributed by atoms with Crippen molar-refractivity contribution in [1.82, 2.24) is 10.2 Å². The zero-order valence-electron chi connectivity index (χ0n) is 10.00. The summed E-state index contributed by atoms with van der Waals surface area (Å²) in [4.78, 5) is 2.13. The fourth-order valence-corrected chi connectivity index (χ4v) is 2.46. The molecule has 1 aliphatic rings. The molecule has 1 fully saturated rings. The maximum Gasteiger partial charge on any atom is 0.139 e. The summed E-state index contributed by atoms with van der Waals surface area (Å²) in [7, 11) is 0. The lowest BCUT2D eigenvalue weighted by molar-refractivity contribution is 0.200. The third-order valence-electron chi connectivity index (χ3n) is 3.14. The van der Waals surface area contributed by atoms with Crippen molar-refractivity contribution >= 4 is 11.6 Å². The van der Waals surface area contributed by atoms with Crippen molar-refractivity contribution in [2.75, 3.05) is 26.2 Å². The van der Waals surface area contributed by atoms with Gasteiger partial charge in [-0.2, -0.15) is 0 Å². The molecule has 2 N–H and O–H groups in total. The van der Waals surface area contributed by atoms with Gasteiger partial charge in [0.2, 0.25) is 0 Å². The summed E-state index contributed by atoms with van der Waals surface area (Å²) in [6.45, 7) is 7.16. The van der Waals surface area contributed by atoms with Crippen molar-refractivity contribution in [1.29, 1.82) is 0 Å². The predicted molar refractivity (Wildman–Crippen MR) is 70.5 cm³/mol. The van der Waals surface area contributed by atoms with Crippen LogP contribution in [-0.2, 0) is 0 Å². The van der Waals surface area contributed by atoms with Crippen LogP contribution in [0.25, 0.3) is 0 Å². The van der Waals surface area contributed by atoms with E-state index in [1.54, 1.807) is 6.08 Å². The highest BCUT2D eigenvalue weighted by atomic mass is 35.5. The first-order chi connectivity index (χ1) is 8.63. The largest absolute Gasteiger partial charge is 0.506 e. The van der Waals surface area contributed by atoms with Gasteiger partial charge in [0.1, 0.15) is 11.6 Å². The van der Waals surface area contributed by atoms with E-state index in [4.69, 9.17) is 11.6 Å². The average molecular weight is 271 g/mol. The molecule has 1 aromatic rings. The highest BCUT2D eigenvalue weighted by Gasteiger charge is 2.23. The molecular formula is C13H16ClFN2O. The second-order valence-electron chi connectivity index (χ2n) is 4.29. The Morgan fingerprint density at radius 3 is 2.72 bits per heavy atom. The van der Waals surface area contributed by atoms with Gasteiger partial charge in [0, 0.05) is 31.7 Å². The van der Waals surface area contributed by atoms with E-state index in [-0.39, 0.29) is 16.8 Å². The zero-order chi connectivity index (χ0) is 13.1. The molecule has 0 aromatic heterocycles. The van der Waals surface area contributed by atoms with Crippen LogP contribution in [0.4, 0.5) is 4.39 Å². The quantitative estimate of drug-likeness (QED) is 0.828. The fraction of sp³-hybridized carbons (Fsp3) is 0.385. The first-order valence-electron chi connectivity index (χ1n) is 5.88. The molecule has 1 saturated heterocycles. The molecule has 0 unspecified atom stereocenters. The lowest BCUT2D eigenvalue weighted by Crippen LogP contribution is -2.44. The van der Waals surface area contributed by atoms with Gasteiger partial charge in [0.25, 0.3) is 0 Å². The molecular weight excluding hydrogens is 255 g/mol. The highest BCUT2D eigenvalue weighted by Crippen LogP contribution is 2.35. The molecule has 2 rings (SSSR count). The number of hydrogen-bond donors (Lipinski definition) is 2. The predicted octanol–water partition coefficient (Wildman–Crippen LogP) is 2.32. The third kappa shape index (κ3) is 2.66. The van der Waals surface area contributed by atoms with Crippen LogP contribution in [0.3, 0.4) is 0 Å². The van der Waals surface area contributed by atoms with Gasteiger partial charge in [0.05, 0.1) is 11.1 Å². The SMILES string of the molecule is C=C[C@@H](c1cc(F)cc(Cl)c1O)N1CCNCC1. The fourth-order valence-electron chi connectivity index (χ4n) is 2.24. The number of phenols is 1. The number of piperazine rings is 1. The minimum atomic E-state index is -0.449. The van der Waals surface area contributed by atoms with E-state index in [0.717, 1.165) is 32.2 Å². The minimum absolute atomic E-state index is 0.0342. The smallest absolute Gasteiger partial charge is 0.139 e. The van der Waals surface area contributed by atoms with Gasteiger partial charge in [-0.1, -0.05) is 17.7 Å². The summed E-state index contributed by atoms with van der Waals surface area (Å²) >= 11 is 5.80.